The van der Waals surface area contributed by atoms with E-state index < -0.39 is 0 Å². The molecule has 23 heavy (non-hydrogen) atoms. The standard InChI is InChI=1S/C16H13ClN4OS/c1-10-12(17)7-18-8-14(10)21-5-4-20(16(21)22)11-2-3-13-15(6-11)23-9-19-13/h2-3,6-9H,4-5H2,1H3. The Morgan fingerprint density at radius 1 is 1.22 bits per heavy atom. The number of amides is 2. The summed E-state index contributed by atoms with van der Waals surface area (Å²) in [6, 6.07) is 5.84. The van der Waals surface area contributed by atoms with Gasteiger partial charge in [-0.1, -0.05) is 11.6 Å². The molecule has 3 heterocycles. The van der Waals surface area contributed by atoms with E-state index in [0.717, 1.165) is 27.2 Å². The van der Waals surface area contributed by atoms with Crippen LogP contribution in [0.15, 0.2) is 36.1 Å². The molecule has 2 aromatic heterocycles. The summed E-state index contributed by atoms with van der Waals surface area (Å²) >= 11 is 7.70. The highest BCUT2D eigenvalue weighted by molar-refractivity contribution is 7.16. The van der Waals surface area contributed by atoms with Gasteiger partial charge in [0, 0.05) is 25.0 Å². The number of hydrogen-bond acceptors (Lipinski definition) is 4. The minimum absolute atomic E-state index is 0.0546. The monoisotopic (exact) mass is 344 g/mol. The van der Waals surface area contributed by atoms with Crippen molar-refractivity contribution in [2.75, 3.05) is 22.9 Å². The molecule has 0 saturated carbocycles. The third kappa shape index (κ3) is 2.34. The van der Waals surface area contributed by atoms with E-state index in [1.807, 2.05) is 30.6 Å². The number of thiazole rings is 1. The summed E-state index contributed by atoms with van der Waals surface area (Å²) in [5, 5.41) is 0.569. The fraction of sp³-hybridized carbons (Fsp3) is 0.188. The number of halogens is 1. The van der Waals surface area contributed by atoms with E-state index in [-0.39, 0.29) is 6.03 Å². The third-order valence-electron chi connectivity index (χ3n) is 4.05. The van der Waals surface area contributed by atoms with Crippen LogP contribution in [0.3, 0.4) is 0 Å². The van der Waals surface area contributed by atoms with Crippen molar-refractivity contribution in [3.63, 3.8) is 0 Å². The first-order chi connectivity index (χ1) is 11.1. The van der Waals surface area contributed by atoms with Crippen molar-refractivity contribution in [3.8, 4) is 0 Å². The molecule has 1 fully saturated rings. The van der Waals surface area contributed by atoms with Gasteiger partial charge in [-0.15, -0.1) is 11.3 Å². The molecule has 116 valence electrons. The largest absolute Gasteiger partial charge is 0.329 e. The maximum Gasteiger partial charge on any atom is 0.329 e. The van der Waals surface area contributed by atoms with Gasteiger partial charge < -0.3 is 0 Å². The smallest absolute Gasteiger partial charge is 0.292 e. The van der Waals surface area contributed by atoms with Gasteiger partial charge in [0.25, 0.3) is 0 Å². The highest BCUT2D eigenvalue weighted by atomic mass is 35.5. The Balaban J connectivity index is 1.68. The first-order valence-electron chi connectivity index (χ1n) is 7.17. The molecule has 0 unspecified atom stereocenters. The number of anilines is 2. The highest BCUT2D eigenvalue weighted by Crippen LogP contribution is 2.31. The summed E-state index contributed by atoms with van der Waals surface area (Å²) in [5.41, 5.74) is 5.30. The lowest BCUT2D eigenvalue weighted by atomic mass is 10.2. The van der Waals surface area contributed by atoms with Gasteiger partial charge in [0.15, 0.2) is 0 Å². The predicted molar refractivity (Wildman–Crippen MR) is 93.7 cm³/mol. The maximum atomic E-state index is 12.8. The van der Waals surface area contributed by atoms with E-state index >= 15 is 0 Å². The number of benzene rings is 1. The summed E-state index contributed by atoms with van der Waals surface area (Å²) in [6.45, 7) is 3.15. The maximum absolute atomic E-state index is 12.8. The van der Waals surface area contributed by atoms with Gasteiger partial charge in [0.2, 0.25) is 0 Å². The molecule has 1 aliphatic heterocycles. The molecule has 0 N–H and O–H groups in total. The van der Waals surface area contributed by atoms with Crippen molar-refractivity contribution >= 4 is 50.6 Å². The number of rotatable bonds is 2. The van der Waals surface area contributed by atoms with Crippen molar-refractivity contribution in [2.24, 2.45) is 0 Å². The van der Waals surface area contributed by atoms with Gasteiger partial charge in [-0.2, -0.15) is 0 Å². The topological polar surface area (TPSA) is 49.3 Å². The van der Waals surface area contributed by atoms with E-state index in [1.54, 1.807) is 33.5 Å². The number of nitrogens with zero attached hydrogens (tertiary/aromatic N) is 4. The molecule has 5 nitrogen and oxygen atoms in total. The molecule has 0 radical (unpaired) electrons. The zero-order chi connectivity index (χ0) is 16.0. The molecular weight excluding hydrogens is 332 g/mol. The third-order valence-corrected chi connectivity index (χ3v) is 5.23. The molecule has 1 saturated heterocycles. The van der Waals surface area contributed by atoms with Gasteiger partial charge in [0.1, 0.15) is 0 Å². The van der Waals surface area contributed by atoms with E-state index in [1.165, 1.54) is 0 Å². The molecule has 0 bridgehead atoms. The number of pyridine rings is 1. The Morgan fingerprint density at radius 2 is 2.04 bits per heavy atom. The first kappa shape index (κ1) is 14.4. The molecule has 3 aromatic rings. The normalized spacial score (nSPS) is 15.0. The molecule has 0 atom stereocenters. The van der Waals surface area contributed by atoms with E-state index in [2.05, 4.69) is 9.97 Å². The Labute approximate surface area is 142 Å². The molecule has 4 rings (SSSR count). The molecule has 0 spiro atoms. The van der Waals surface area contributed by atoms with Crippen molar-refractivity contribution in [2.45, 2.75) is 6.92 Å². The molecule has 1 aliphatic rings. The van der Waals surface area contributed by atoms with Crippen LogP contribution in [0.5, 0.6) is 0 Å². The number of aromatic nitrogens is 2. The summed E-state index contributed by atoms with van der Waals surface area (Å²) in [4.78, 5) is 24.7. The van der Waals surface area contributed by atoms with Gasteiger partial charge in [-0.25, -0.2) is 9.78 Å². The van der Waals surface area contributed by atoms with Crippen molar-refractivity contribution in [3.05, 3.63) is 46.7 Å². The molecule has 1 aromatic carbocycles. The molecule has 7 heteroatoms. The first-order valence-corrected chi connectivity index (χ1v) is 8.43. The minimum atomic E-state index is -0.0546. The van der Waals surface area contributed by atoms with Crippen LogP contribution in [0.25, 0.3) is 10.2 Å². The van der Waals surface area contributed by atoms with Crippen LogP contribution in [-0.4, -0.2) is 29.1 Å². The average molecular weight is 345 g/mol. The van der Waals surface area contributed by atoms with Crippen molar-refractivity contribution in [1.82, 2.24) is 9.97 Å². The fourth-order valence-corrected chi connectivity index (χ4v) is 3.64. The van der Waals surface area contributed by atoms with E-state index in [0.29, 0.717) is 18.1 Å². The Hall–Kier alpha value is -2.18. The lowest BCUT2D eigenvalue weighted by Gasteiger charge is -2.20. The van der Waals surface area contributed by atoms with Crippen LogP contribution >= 0.6 is 22.9 Å². The lowest BCUT2D eigenvalue weighted by Crippen LogP contribution is -2.32. The van der Waals surface area contributed by atoms with Gasteiger partial charge >= 0.3 is 6.03 Å². The van der Waals surface area contributed by atoms with Crippen LogP contribution < -0.4 is 9.80 Å². The number of carbonyl (C=O) groups is 1. The summed E-state index contributed by atoms with van der Waals surface area (Å²) in [6.07, 6.45) is 3.28. The Kier molecular flexibility index (Phi) is 3.43. The van der Waals surface area contributed by atoms with Gasteiger partial charge in [-0.05, 0) is 30.7 Å². The average Bonchev–Trinajstić information content (AvgIpc) is 3.16. The van der Waals surface area contributed by atoms with E-state index in [4.69, 9.17) is 11.6 Å². The second-order valence-electron chi connectivity index (χ2n) is 5.36. The SMILES string of the molecule is Cc1c(Cl)cncc1N1CCN(c2ccc3ncsc3c2)C1=O. The predicted octanol–water partition coefficient (Wildman–Crippen LogP) is 4.10. The minimum Gasteiger partial charge on any atom is -0.292 e. The number of fused-ring (bicyclic) bond motifs is 1. The summed E-state index contributed by atoms with van der Waals surface area (Å²) in [7, 11) is 0. The number of hydrogen-bond donors (Lipinski definition) is 0. The second-order valence-corrected chi connectivity index (χ2v) is 6.65. The van der Waals surface area contributed by atoms with Crippen LogP contribution in [0, 0.1) is 6.92 Å². The number of urea groups is 1. The van der Waals surface area contributed by atoms with Gasteiger partial charge in [-0.3, -0.25) is 14.8 Å². The Bertz CT molecular complexity index is 910. The molecule has 2 amide bonds. The summed E-state index contributed by atoms with van der Waals surface area (Å²) in [5.74, 6) is 0. The second kappa shape index (κ2) is 5.47. The molecular formula is C16H13ClN4OS. The number of carbonyl (C=O) groups excluding carboxylic acids is 1. The van der Waals surface area contributed by atoms with Crippen LogP contribution in [-0.2, 0) is 0 Å². The van der Waals surface area contributed by atoms with E-state index in [9.17, 15) is 4.79 Å². The van der Waals surface area contributed by atoms with Crippen molar-refractivity contribution in [1.29, 1.82) is 0 Å². The fourth-order valence-electron chi connectivity index (χ4n) is 2.77. The van der Waals surface area contributed by atoms with Gasteiger partial charge in [0.05, 0.1) is 32.6 Å². The highest BCUT2D eigenvalue weighted by Gasteiger charge is 2.32. The lowest BCUT2D eigenvalue weighted by molar-refractivity contribution is 0.256. The quantitative estimate of drug-likeness (QED) is 0.703. The summed E-state index contributed by atoms with van der Waals surface area (Å²) < 4.78 is 1.08. The Morgan fingerprint density at radius 3 is 2.91 bits per heavy atom. The van der Waals surface area contributed by atoms with Crippen LogP contribution in [0.2, 0.25) is 5.02 Å². The molecule has 0 aliphatic carbocycles. The zero-order valence-corrected chi connectivity index (χ0v) is 13.9. The zero-order valence-electron chi connectivity index (χ0n) is 12.4. The van der Waals surface area contributed by atoms with Crippen LogP contribution in [0.1, 0.15) is 5.56 Å². The van der Waals surface area contributed by atoms with Crippen LogP contribution in [0.4, 0.5) is 16.2 Å². The van der Waals surface area contributed by atoms with Crippen molar-refractivity contribution < 1.29 is 4.79 Å².